The molecule has 0 saturated heterocycles. The van der Waals surface area contributed by atoms with Crippen LogP contribution < -0.4 is 9.84 Å². The first-order chi connectivity index (χ1) is 17.2. The van der Waals surface area contributed by atoms with Crippen molar-refractivity contribution in [3.05, 3.63) is 53.3 Å². The molecule has 12 heteroatoms. The summed E-state index contributed by atoms with van der Waals surface area (Å²) < 4.78 is 36.6. The molecule has 1 N–H and O–H groups in total. The van der Waals surface area contributed by atoms with Crippen molar-refractivity contribution in [1.29, 1.82) is 0 Å². The van der Waals surface area contributed by atoms with Crippen molar-refractivity contribution >= 4 is 42.0 Å². The van der Waals surface area contributed by atoms with E-state index < -0.39 is 30.1 Å². The van der Waals surface area contributed by atoms with E-state index in [1.807, 2.05) is 0 Å². The lowest BCUT2D eigenvalue weighted by atomic mass is 10.1. The molecule has 0 fully saturated rings. The second-order valence-corrected chi connectivity index (χ2v) is 24.0. The van der Waals surface area contributed by atoms with Crippen LogP contribution in [0.25, 0.3) is 0 Å². The van der Waals surface area contributed by atoms with Crippen LogP contribution in [-0.4, -0.2) is 46.7 Å². The standard InChI is InChI=1S/C25H39N2O7PSi2/c1-20-10-8-11-21(19-31-25(29)27-22-12-9-13-26-23(22)18-28)24(20)34-35(30,32-14-16-36(2,3)4)33-15-17-37(5,6)7/h8-13,18H,14-17,19H2,1-7H3,(H,27,29). The molecule has 0 aliphatic heterocycles. The van der Waals surface area contributed by atoms with Crippen LogP contribution in [0.2, 0.25) is 51.4 Å². The number of hydrogen-bond donors (Lipinski definition) is 1. The summed E-state index contributed by atoms with van der Waals surface area (Å²) >= 11 is 0. The summed E-state index contributed by atoms with van der Waals surface area (Å²) in [5.41, 5.74) is 1.52. The number of rotatable bonds is 14. The highest BCUT2D eigenvalue weighted by Crippen LogP contribution is 2.51. The number of ether oxygens (including phenoxy) is 1. The molecule has 2 aromatic rings. The van der Waals surface area contributed by atoms with Crippen LogP contribution in [0.15, 0.2) is 36.5 Å². The van der Waals surface area contributed by atoms with Gasteiger partial charge in [-0.15, -0.1) is 0 Å². The molecule has 9 nitrogen and oxygen atoms in total. The van der Waals surface area contributed by atoms with Gasteiger partial charge in [0.2, 0.25) is 0 Å². The molecule has 2 rings (SSSR count). The number of aryl methyl sites for hydroxylation is 1. The molecule has 37 heavy (non-hydrogen) atoms. The number of hydrogen-bond acceptors (Lipinski definition) is 8. The van der Waals surface area contributed by atoms with Gasteiger partial charge >= 0.3 is 13.9 Å². The smallest absolute Gasteiger partial charge is 0.444 e. The van der Waals surface area contributed by atoms with E-state index in [9.17, 15) is 14.2 Å². The van der Waals surface area contributed by atoms with E-state index in [-0.39, 0.29) is 37.0 Å². The molecule has 1 aromatic carbocycles. The Morgan fingerprint density at radius 1 is 1.00 bits per heavy atom. The van der Waals surface area contributed by atoms with Gasteiger partial charge in [-0.25, -0.2) is 9.36 Å². The maximum absolute atomic E-state index is 13.7. The van der Waals surface area contributed by atoms with Gasteiger partial charge in [0.15, 0.2) is 6.29 Å². The summed E-state index contributed by atoms with van der Waals surface area (Å²) in [7, 11) is -6.81. The van der Waals surface area contributed by atoms with Crippen molar-refractivity contribution in [2.45, 2.75) is 64.9 Å². The van der Waals surface area contributed by atoms with E-state index in [1.54, 1.807) is 37.3 Å². The summed E-state index contributed by atoms with van der Waals surface area (Å²) in [4.78, 5) is 27.4. The zero-order valence-electron chi connectivity index (χ0n) is 22.8. The molecule has 0 radical (unpaired) electrons. The quantitative estimate of drug-likeness (QED) is 0.146. The summed E-state index contributed by atoms with van der Waals surface area (Å²) in [5.74, 6) is 0.287. The van der Waals surface area contributed by atoms with Crippen molar-refractivity contribution < 1.29 is 32.5 Å². The van der Waals surface area contributed by atoms with Gasteiger partial charge < -0.3 is 9.26 Å². The molecule has 0 unspecified atom stereocenters. The van der Waals surface area contributed by atoms with Gasteiger partial charge in [0.05, 0.1) is 18.9 Å². The topological polar surface area (TPSA) is 113 Å². The Balaban J connectivity index is 2.17. The fourth-order valence-corrected chi connectivity index (χ4v) is 6.06. The third-order valence-electron chi connectivity index (χ3n) is 5.25. The largest absolute Gasteiger partial charge is 0.530 e. The van der Waals surface area contributed by atoms with Gasteiger partial charge in [0, 0.05) is 27.9 Å². The first kappa shape index (κ1) is 30.9. The molecule has 0 aliphatic rings. The molecule has 0 spiro atoms. The highest BCUT2D eigenvalue weighted by Gasteiger charge is 2.32. The predicted octanol–water partition coefficient (Wildman–Crippen LogP) is 7.15. The molecule has 0 bridgehead atoms. The molecular weight excluding hydrogens is 527 g/mol. The van der Waals surface area contributed by atoms with Crippen LogP contribution in [-0.2, 0) is 25.0 Å². The Hall–Kier alpha value is -2.31. The fraction of sp³-hybridized carbons (Fsp3) is 0.480. The van der Waals surface area contributed by atoms with Crippen LogP contribution in [0.3, 0.4) is 0 Å². The van der Waals surface area contributed by atoms with Crippen LogP contribution in [0.4, 0.5) is 10.5 Å². The van der Waals surface area contributed by atoms with E-state index in [1.165, 1.54) is 6.20 Å². The third kappa shape index (κ3) is 11.3. The van der Waals surface area contributed by atoms with E-state index in [0.717, 1.165) is 12.1 Å². The van der Waals surface area contributed by atoms with Crippen molar-refractivity contribution in [1.82, 2.24) is 4.98 Å². The lowest BCUT2D eigenvalue weighted by molar-refractivity contribution is 0.111. The molecule has 204 valence electrons. The van der Waals surface area contributed by atoms with E-state index >= 15 is 0 Å². The lowest BCUT2D eigenvalue weighted by Gasteiger charge is -2.24. The van der Waals surface area contributed by atoms with Crippen molar-refractivity contribution in [3.63, 3.8) is 0 Å². The zero-order valence-corrected chi connectivity index (χ0v) is 25.7. The summed E-state index contributed by atoms with van der Waals surface area (Å²) in [6, 6.07) is 10.1. The number of anilines is 1. The van der Waals surface area contributed by atoms with E-state index in [2.05, 4.69) is 49.6 Å². The number of phosphoric acid groups is 1. The first-order valence-corrected chi connectivity index (χ1v) is 21.1. The number of carbonyl (C=O) groups is 2. The Morgan fingerprint density at radius 2 is 1.62 bits per heavy atom. The maximum Gasteiger partial charge on any atom is 0.530 e. The average molecular weight is 567 g/mol. The van der Waals surface area contributed by atoms with Crippen LogP contribution in [0.1, 0.15) is 21.6 Å². The normalized spacial score (nSPS) is 12.2. The number of aldehydes is 1. The van der Waals surface area contributed by atoms with Crippen LogP contribution in [0, 0.1) is 6.92 Å². The zero-order chi connectivity index (χ0) is 27.7. The Kier molecular flexibility index (Phi) is 11.3. The number of pyridine rings is 1. The minimum atomic E-state index is -3.94. The first-order valence-electron chi connectivity index (χ1n) is 12.2. The number of nitrogens with zero attached hydrogens (tertiary/aromatic N) is 1. The van der Waals surface area contributed by atoms with Crippen molar-refractivity contribution in [2.75, 3.05) is 18.5 Å². The third-order valence-corrected chi connectivity index (χ3v) is 10.1. The Bertz CT molecular complexity index is 1090. The number of nitrogens with one attached hydrogen (secondary N) is 1. The minimum absolute atomic E-state index is 0.0888. The number of phosphoric ester groups is 1. The highest BCUT2D eigenvalue weighted by molar-refractivity contribution is 7.49. The Labute approximate surface area is 221 Å². The summed E-state index contributed by atoms with van der Waals surface area (Å²) in [6.45, 7) is 15.4. The van der Waals surface area contributed by atoms with E-state index in [4.69, 9.17) is 18.3 Å². The molecule has 0 atom stereocenters. The summed E-state index contributed by atoms with van der Waals surface area (Å²) in [5, 5.41) is 2.51. The van der Waals surface area contributed by atoms with Gasteiger partial charge in [0.1, 0.15) is 18.1 Å². The monoisotopic (exact) mass is 566 g/mol. The van der Waals surface area contributed by atoms with Crippen LogP contribution >= 0.6 is 7.82 Å². The second kappa shape index (κ2) is 13.5. The van der Waals surface area contributed by atoms with Gasteiger partial charge in [-0.1, -0.05) is 57.5 Å². The second-order valence-electron chi connectivity index (χ2n) is 11.1. The number of carbonyl (C=O) groups excluding carboxylic acids is 2. The van der Waals surface area contributed by atoms with E-state index in [0.29, 0.717) is 17.4 Å². The Morgan fingerprint density at radius 3 is 2.19 bits per heavy atom. The van der Waals surface area contributed by atoms with Gasteiger partial charge in [0.25, 0.3) is 0 Å². The molecule has 0 saturated carbocycles. The molecule has 1 heterocycles. The summed E-state index contributed by atoms with van der Waals surface area (Å²) in [6.07, 6.45) is 1.22. The van der Waals surface area contributed by atoms with Gasteiger partial charge in [-0.3, -0.25) is 24.1 Å². The number of amides is 1. The maximum atomic E-state index is 13.7. The molecule has 0 aliphatic carbocycles. The fourth-order valence-electron chi connectivity index (χ4n) is 2.99. The molecule has 1 amide bonds. The highest BCUT2D eigenvalue weighted by atomic mass is 31.2. The predicted molar refractivity (Wildman–Crippen MR) is 151 cm³/mol. The minimum Gasteiger partial charge on any atom is -0.444 e. The van der Waals surface area contributed by atoms with Crippen molar-refractivity contribution in [2.24, 2.45) is 0 Å². The number of para-hydroxylation sites is 1. The van der Waals surface area contributed by atoms with Crippen molar-refractivity contribution in [3.8, 4) is 5.75 Å². The SMILES string of the molecule is Cc1cccc(COC(=O)Nc2cccnc2C=O)c1OP(=O)(OCC[Si](C)(C)C)OCC[Si](C)(C)C. The molecule has 1 aromatic heterocycles. The van der Waals surface area contributed by atoms with Gasteiger partial charge in [-0.05, 0) is 36.7 Å². The average Bonchev–Trinajstić information content (AvgIpc) is 2.78. The van der Waals surface area contributed by atoms with Crippen LogP contribution in [0.5, 0.6) is 5.75 Å². The number of aromatic nitrogens is 1. The lowest BCUT2D eigenvalue weighted by Crippen LogP contribution is -2.23. The number of benzene rings is 1. The molecular formula is C25H39N2O7PSi2. The van der Waals surface area contributed by atoms with Gasteiger partial charge in [-0.2, -0.15) is 0 Å².